The number of fused-ring (bicyclic) bond motifs is 2. The third-order valence-electron chi connectivity index (χ3n) is 4.57. The van der Waals surface area contributed by atoms with Gasteiger partial charge in [0.1, 0.15) is 0 Å². The van der Waals surface area contributed by atoms with Gasteiger partial charge in [0.2, 0.25) is 0 Å². The van der Waals surface area contributed by atoms with Crippen molar-refractivity contribution >= 4 is 10.9 Å². The quantitative estimate of drug-likeness (QED) is 0.755. The van der Waals surface area contributed by atoms with Gasteiger partial charge in [-0.2, -0.15) is 0 Å². The highest BCUT2D eigenvalue weighted by Gasteiger charge is 2.16. The molecule has 2 heterocycles. The van der Waals surface area contributed by atoms with E-state index in [0.717, 1.165) is 13.0 Å². The van der Waals surface area contributed by atoms with E-state index in [-0.39, 0.29) is 0 Å². The normalized spacial score (nSPS) is 15.3. The number of likely N-dealkylation sites (N-methyl/N-ethyl adjacent to an activating group) is 1. The fourth-order valence-corrected chi connectivity index (χ4v) is 3.38. The van der Waals surface area contributed by atoms with E-state index in [9.17, 15) is 0 Å². The van der Waals surface area contributed by atoms with Crippen molar-refractivity contribution in [2.24, 2.45) is 0 Å². The summed E-state index contributed by atoms with van der Waals surface area (Å²) in [7, 11) is 2.21. The largest absolute Gasteiger partial charge is 0.361 e. The molecule has 0 aliphatic carbocycles. The fourth-order valence-electron chi connectivity index (χ4n) is 3.38. The minimum atomic E-state index is 1.03. The van der Waals surface area contributed by atoms with Crippen molar-refractivity contribution in [1.82, 2.24) is 9.88 Å². The molecule has 106 valence electrons. The first-order valence-electron chi connectivity index (χ1n) is 7.64. The molecule has 0 radical (unpaired) electrons. The van der Waals surface area contributed by atoms with Crippen LogP contribution < -0.4 is 0 Å². The zero-order valence-electron chi connectivity index (χ0n) is 12.4. The molecule has 1 aromatic heterocycles. The Labute approximate surface area is 125 Å². The van der Waals surface area contributed by atoms with E-state index in [2.05, 4.69) is 59.4 Å². The monoisotopic (exact) mass is 276 g/mol. The number of aromatic amines is 1. The molecule has 1 aliphatic heterocycles. The number of aromatic nitrogens is 1. The highest BCUT2D eigenvalue weighted by molar-refractivity contribution is 5.80. The van der Waals surface area contributed by atoms with Crippen LogP contribution in [0, 0.1) is 0 Å². The molecule has 4 rings (SSSR count). The fraction of sp³-hybridized carbons (Fsp3) is 0.263. The number of hydrogen-bond donors (Lipinski definition) is 1. The van der Waals surface area contributed by atoms with E-state index in [0.29, 0.717) is 0 Å². The van der Waals surface area contributed by atoms with Gasteiger partial charge in [-0.25, -0.2) is 0 Å². The van der Waals surface area contributed by atoms with Crippen LogP contribution in [0.4, 0.5) is 0 Å². The second-order valence-corrected chi connectivity index (χ2v) is 6.12. The summed E-state index contributed by atoms with van der Waals surface area (Å²) < 4.78 is 0. The molecule has 0 saturated carbocycles. The van der Waals surface area contributed by atoms with Crippen molar-refractivity contribution in [1.29, 1.82) is 0 Å². The first kappa shape index (κ1) is 12.7. The standard InChI is InChI=1S/C19H20N2/c1-21-10-8-15-3-2-4-16(18(15)13-21)11-14-5-6-19-17(12-14)7-9-20-19/h2-7,9,12,20H,8,10-11,13H2,1H3. The van der Waals surface area contributed by atoms with Crippen LogP contribution in [0.2, 0.25) is 0 Å². The number of rotatable bonds is 2. The van der Waals surface area contributed by atoms with Crippen LogP contribution in [0.5, 0.6) is 0 Å². The Morgan fingerprint density at radius 1 is 1.14 bits per heavy atom. The van der Waals surface area contributed by atoms with E-state index in [1.165, 1.54) is 40.6 Å². The van der Waals surface area contributed by atoms with Crippen molar-refractivity contribution in [3.05, 3.63) is 70.9 Å². The molecule has 0 amide bonds. The molecule has 0 saturated heterocycles. The Kier molecular flexibility index (Phi) is 3.04. The van der Waals surface area contributed by atoms with Gasteiger partial charge in [-0.15, -0.1) is 0 Å². The molecule has 0 bridgehead atoms. The zero-order valence-corrected chi connectivity index (χ0v) is 12.4. The minimum Gasteiger partial charge on any atom is -0.361 e. The topological polar surface area (TPSA) is 19.0 Å². The minimum absolute atomic E-state index is 1.03. The molecule has 0 unspecified atom stereocenters. The number of benzene rings is 2. The first-order chi connectivity index (χ1) is 10.3. The van der Waals surface area contributed by atoms with Crippen molar-refractivity contribution in [2.75, 3.05) is 13.6 Å². The summed E-state index contributed by atoms with van der Waals surface area (Å²) in [6, 6.07) is 15.7. The Balaban J connectivity index is 1.70. The van der Waals surface area contributed by atoms with Gasteiger partial charge in [0.25, 0.3) is 0 Å². The van der Waals surface area contributed by atoms with Gasteiger partial charge in [-0.3, -0.25) is 0 Å². The zero-order chi connectivity index (χ0) is 14.2. The van der Waals surface area contributed by atoms with Gasteiger partial charge >= 0.3 is 0 Å². The van der Waals surface area contributed by atoms with Gasteiger partial charge in [0.05, 0.1) is 0 Å². The average Bonchev–Trinajstić information content (AvgIpc) is 2.95. The number of nitrogens with zero attached hydrogens (tertiary/aromatic N) is 1. The summed E-state index contributed by atoms with van der Waals surface area (Å²) >= 11 is 0. The summed E-state index contributed by atoms with van der Waals surface area (Å²) in [5.41, 5.74) is 7.17. The highest BCUT2D eigenvalue weighted by atomic mass is 15.1. The van der Waals surface area contributed by atoms with E-state index in [1.807, 2.05) is 6.20 Å². The number of H-pyrrole nitrogens is 1. The maximum atomic E-state index is 3.26. The van der Waals surface area contributed by atoms with E-state index >= 15 is 0 Å². The van der Waals surface area contributed by atoms with Crippen LogP contribution >= 0.6 is 0 Å². The Bertz CT molecular complexity index is 785. The lowest BCUT2D eigenvalue weighted by Gasteiger charge is -2.27. The van der Waals surface area contributed by atoms with Crippen LogP contribution in [-0.4, -0.2) is 23.5 Å². The average molecular weight is 276 g/mol. The molecular formula is C19H20N2. The molecule has 21 heavy (non-hydrogen) atoms. The lowest BCUT2D eigenvalue weighted by atomic mass is 9.91. The molecule has 0 fully saturated rings. The lowest BCUT2D eigenvalue weighted by Crippen LogP contribution is -2.27. The molecule has 3 aromatic rings. The maximum Gasteiger partial charge on any atom is 0.0454 e. The van der Waals surface area contributed by atoms with E-state index in [1.54, 1.807) is 5.56 Å². The van der Waals surface area contributed by atoms with Gasteiger partial charge < -0.3 is 9.88 Å². The molecular weight excluding hydrogens is 256 g/mol. The Hall–Kier alpha value is -2.06. The van der Waals surface area contributed by atoms with Crippen molar-refractivity contribution in [2.45, 2.75) is 19.4 Å². The third kappa shape index (κ3) is 2.36. The van der Waals surface area contributed by atoms with Crippen LogP contribution in [0.15, 0.2) is 48.7 Å². The predicted octanol–water partition coefficient (Wildman–Crippen LogP) is 3.75. The lowest BCUT2D eigenvalue weighted by molar-refractivity contribution is 0.312. The Morgan fingerprint density at radius 2 is 2.10 bits per heavy atom. The molecule has 1 aliphatic rings. The molecule has 0 atom stereocenters. The molecule has 2 nitrogen and oxygen atoms in total. The number of nitrogens with one attached hydrogen (secondary N) is 1. The molecule has 2 heteroatoms. The van der Waals surface area contributed by atoms with Crippen molar-refractivity contribution in [3.63, 3.8) is 0 Å². The maximum absolute atomic E-state index is 3.26. The van der Waals surface area contributed by atoms with Gasteiger partial charge in [-0.05, 0) is 65.7 Å². The van der Waals surface area contributed by atoms with Gasteiger partial charge in [0, 0.05) is 24.8 Å². The smallest absolute Gasteiger partial charge is 0.0454 e. The van der Waals surface area contributed by atoms with Crippen LogP contribution in [0.3, 0.4) is 0 Å². The summed E-state index contributed by atoms with van der Waals surface area (Å²) in [4.78, 5) is 5.68. The summed E-state index contributed by atoms with van der Waals surface area (Å²) in [6.07, 6.45) is 4.21. The summed E-state index contributed by atoms with van der Waals surface area (Å²) in [5.74, 6) is 0. The van der Waals surface area contributed by atoms with E-state index < -0.39 is 0 Å². The third-order valence-corrected chi connectivity index (χ3v) is 4.57. The molecule has 1 N–H and O–H groups in total. The van der Waals surface area contributed by atoms with Crippen LogP contribution in [0.1, 0.15) is 22.3 Å². The van der Waals surface area contributed by atoms with Crippen LogP contribution in [0.25, 0.3) is 10.9 Å². The predicted molar refractivity (Wildman–Crippen MR) is 87.6 cm³/mol. The van der Waals surface area contributed by atoms with Crippen molar-refractivity contribution in [3.8, 4) is 0 Å². The second kappa shape index (κ2) is 5.05. The molecule has 2 aromatic carbocycles. The van der Waals surface area contributed by atoms with Crippen LogP contribution in [-0.2, 0) is 19.4 Å². The van der Waals surface area contributed by atoms with E-state index in [4.69, 9.17) is 0 Å². The first-order valence-corrected chi connectivity index (χ1v) is 7.64. The second-order valence-electron chi connectivity index (χ2n) is 6.12. The van der Waals surface area contributed by atoms with Gasteiger partial charge in [0.15, 0.2) is 0 Å². The SMILES string of the molecule is CN1CCc2cccc(Cc3ccc4[nH]ccc4c3)c2C1. The van der Waals surface area contributed by atoms with Crippen molar-refractivity contribution < 1.29 is 0 Å². The number of hydrogen-bond acceptors (Lipinski definition) is 1. The highest BCUT2D eigenvalue weighted by Crippen LogP contribution is 2.25. The Morgan fingerprint density at radius 3 is 3.05 bits per heavy atom. The molecule has 0 spiro atoms. The summed E-state index contributed by atoms with van der Waals surface area (Å²) in [5, 5.41) is 1.30. The van der Waals surface area contributed by atoms with Gasteiger partial charge in [-0.1, -0.05) is 24.3 Å². The summed E-state index contributed by atoms with van der Waals surface area (Å²) in [6.45, 7) is 2.25.